The largest absolute Gasteiger partial charge is 0.338 e. The van der Waals surface area contributed by atoms with Gasteiger partial charge in [0, 0.05) is 17.5 Å². The minimum Gasteiger partial charge on any atom is -0.338 e. The van der Waals surface area contributed by atoms with Crippen LogP contribution in [0.15, 0.2) is 17.5 Å². The summed E-state index contributed by atoms with van der Waals surface area (Å²) in [6.45, 7) is 3.43. The summed E-state index contributed by atoms with van der Waals surface area (Å²) in [7, 11) is 0. The highest BCUT2D eigenvalue weighted by atomic mass is 32.1. The normalized spacial score (nSPS) is 16.1. The van der Waals surface area contributed by atoms with Crippen LogP contribution < -0.4 is 5.32 Å². The molecule has 1 heterocycles. The number of carbonyl (C=O) groups is 1. The molecular formula is C13H20N2OS. The van der Waals surface area contributed by atoms with Gasteiger partial charge in [-0.3, -0.25) is 0 Å². The van der Waals surface area contributed by atoms with Gasteiger partial charge >= 0.3 is 6.03 Å². The number of carbonyl (C=O) groups excluding carboxylic acids is 1. The van der Waals surface area contributed by atoms with E-state index in [0.717, 1.165) is 19.4 Å². The fraction of sp³-hybridized carbons (Fsp3) is 0.615. The highest BCUT2D eigenvalue weighted by Crippen LogP contribution is 2.25. The zero-order chi connectivity index (χ0) is 12.1. The lowest BCUT2D eigenvalue weighted by molar-refractivity contribution is 0.172. The van der Waals surface area contributed by atoms with Crippen LogP contribution in [0.3, 0.4) is 0 Å². The molecule has 1 aliphatic carbocycles. The van der Waals surface area contributed by atoms with Crippen LogP contribution in [0.4, 0.5) is 4.79 Å². The second-order valence-corrected chi connectivity index (χ2v) is 5.51. The monoisotopic (exact) mass is 252 g/mol. The van der Waals surface area contributed by atoms with Crippen LogP contribution in [0.5, 0.6) is 0 Å². The topological polar surface area (TPSA) is 32.3 Å². The minimum atomic E-state index is 0.0906. The van der Waals surface area contributed by atoms with Gasteiger partial charge in [0.1, 0.15) is 0 Å². The SMILES string of the molecule is CCNC(=O)N(Cc1cccs1)C1CCCC1. The lowest BCUT2D eigenvalue weighted by Gasteiger charge is -2.28. The standard InChI is InChI=1S/C13H20N2OS/c1-2-14-13(16)15(11-6-3-4-7-11)10-12-8-5-9-17-12/h5,8-9,11H,2-4,6-7,10H2,1H3,(H,14,16). The highest BCUT2D eigenvalue weighted by Gasteiger charge is 2.26. The van der Waals surface area contributed by atoms with E-state index in [2.05, 4.69) is 16.8 Å². The van der Waals surface area contributed by atoms with Crippen molar-refractivity contribution in [3.8, 4) is 0 Å². The molecule has 1 aliphatic rings. The van der Waals surface area contributed by atoms with E-state index in [-0.39, 0.29) is 6.03 Å². The quantitative estimate of drug-likeness (QED) is 0.876. The predicted octanol–water partition coefficient (Wildman–Crippen LogP) is 3.22. The maximum Gasteiger partial charge on any atom is 0.317 e. The first-order valence-electron chi connectivity index (χ1n) is 6.38. The summed E-state index contributed by atoms with van der Waals surface area (Å²) >= 11 is 1.72. The second kappa shape index (κ2) is 6.05. The molecule has 0 aliphatic heterocycles. The Bertz CT molecular complexity index is 344. The molecule has 1 N–H and O–H groups in total. The van der Waals surface area contributed by atoms with Gasteiger partial charge in [-0.2, -0.15) is 0 Å². The van der Waals surface area contributed by atoms with E-state index < -0.39 is 0 Å². The Kier molecular flexibility index (Phi) is 4.42. The second-order valence-electron chi connectivity index (χ2n) is 4.48. The molecule has 0 spiro atoms. The molecule has 1 aromatic heterocycles. The number of nitrogens with zero attached hydrogens (tertiary/aromatic N) is 1. The lowest BCUT2D eigenvalue weighted by atomic mass is 10.2. The van der Waals surface area contributed by atoms with Crippen LogP contribution in [-0.4, -0.2) is 23.5 Å². The zero-order valence-corrected chi connectivity index (χ0v) is 11.1. The van der Waals surface area contributed by atoms with Crippen LogP contribution in [0, 0.1) is 0 Å². The molecule has 2 amide bonds. The molecule has 1 saturated carbocycles. The van der Waals surface area contributed by atoms with E-state index in [1.165, 1.54) is 17.7 Å². The highest BCUT2D eigenvalue weighted by molar-refractivity contribution is 7.09. The summed E-state index contributed by atoms with van der Waals surface area (Å²) in [4.78, 5) is 15.4. The maximum absolute atomic E-state index is 12.1. The van der Waals surface area contributed by atoms with Gasteiger partial charge in [-0.1, -0.05) is 18.9 Å². The van der Waals surface area contributed by atoms with Crippen molar-refractivity contribution in [1.29, 1.82) is 0 Å². The van der Waals surface area contributed by atoms with Crippen molar-refractivity contribution in [2.24, 2.45) is 0 Å². The van der Waals surface area contributed by atoms with E-state index in [1.807, 2.05) is 17.9 Å². The molecule has 4 heteroatoms. The molecule has 0 radical (unpaired) electrons. The van der Waals surface area contributed by atoms with Crippen molar-refractivity contribution in [2.45, 2.75) is 45.2 Å². The van der Waals surface area contributed by atoms with Gasteiger partial charge in [-0.25, -0.2) is 4.79 Å². The average molecular weight is 252 g/mol. The number of hydrogen-bond donors (Lipinski definition) is 1. The number of hydrogen-bond acceptors (Lipinski definition) is 2. The smallest absolute Gasteiger partial charge is 0.317 e. The summed E-state index contributed by atoms with van der Waals surface area (Å²) < 4.78 is 0. The fourth-order valence-corrected chi connectivity index (χ4v) is 3.11. The van der Waals surface area contributed by atoms with Gasteiger partial charge in [0.2, 0.25) is 0 Å². The summed E-state index contributed by atoms with van der Waals surface area (Å²) in [5.74, 6) is 0. The molecular weight excluding hydrogens is 232 g/mol. The molecule has 0 saturated heterocycles. The summed E-state index contributed by atoms with van der Waals surface area (Å²) in [5.41, 5.74) is 0. The Morgan fingerprint density at radius 3 is 2.88 bits per heavy atom. The average Bonchev–Trinajstić information content (AvgIpc) is 2.99. The van der Waals surface area contributed by atoms with Crippen LogP contribution in [0.25, 0.3) is 0 Å². The first kappa shape index (κ1) is 12.4. The Morgan fingerprint density at radius 1 is 1.53 bits per heavy atom. The third kappa shape index (κ3) is 3.22. The van der Waals surface area contributed by atoms with Crippen LogP contribution in [0.2, 0.25) is 0 Å². The lowest BCUT2D eigenvalue weighted by Crippen LogP contribution is -2.44. The third-order valence-corrected chi connectivity index (χ3v) is 4.12. The molecule has 1 aromatic rings. The van der Waals surface area contributed by atoms with E-state index in [1.54, 1.807) is 11.3 Å². The van der Waals surface area contributed by atoms with Crippen LogP contribution in [-0.2, 0) is 6.54 Å². The molecule has 94 valence electrons. The first-order valence-corrected chi connectivity index (χ1v) is 7.26. The van der Waals surface area contributed by atoms with E-state index in [9.17, 15) is 4.79 Å². The van der Waals surface area contributed by atoms with Crippen molar-refractivity contribution >= 4 is 17.4 Å². The number of amides is 2. The van der Waals surface area contributed by atoms with Crippen molar-refractivity contribution in [3.05, 3.63) is 22.4 Å². The Hall–Kier alpha value is -1.03. The number of urea groups is 1. The van der Waals surface area contributed by atoms with Crippen molar-refractivity contribution in [2.75, 3.05) is 6.54 Å². The maximum atomic E-state index is 12.1. The van der Waals surface area contributed by atoms with Gasteiger partial charge in [0.05, 0.1) is 6.54 Å². The summed E-state index contributed by atoms with van der Waals surface area (Å²) in [6.07, 6.45) is 4.82. The Morgan fingerprint density at radius 2 is 2.29 bits per heavy atom. The van der Waals surface area contributed by atoms with Crippen molar-refractivity contribution in [1.82, 2.24) is 10.2 Å². The molecule has 0 bridgehead atoms. The minimum absolute atomic E-state index is 0.0906. The van der Waals surface area contributed by atoms with Crippen LogP contribution in [0.1, 0.15) is 37.5 Å². The van der Waals surface area contributed by atoms with E-state index in [4.69, 9.17) is 0 Å². The van der Waals surface area contributed by atoms with Crippen molar-refractivity contribution < 1.29 is 4.79 Å². The van der Waals surface area contributed by atoms with Gasteiger partial charge in [-0.15, -0.1) is 11.3 Å². The Labute approximate surface area is 107 Å². The molecule has 2 rings (SSSR count). The first-order chi connectivity index (χ1) is 8.31. The molecule has 0 aromatic carbocycles. The van der Waals surface area contributed by atoms with Gasteiger partial charge in [-0.05, 0) is 31.2 Å². The van der Waals surface area contributed by atoms with Gasteiger partial charge in [0.15, 0.2) is 0 Å². The molecule has 1 fully saturated rings. The van der Waals surface area contributed by atoms with Crippen molar-refractivity contribution in [3.63, 3.8) is 0 Å². The third-order valence-electron chi connectivity index (χ3n) is 3.26. The molecule has 0 unspecified atom stereocenters. The summed E-state index contributed by atoms with van der Waals surface area (Å²) in [6, 6.07) is 4.67. The molecule has 3 nitrogen and oxygen atoms in total. The summed E-state index contributed by atoms with van der Waals surface area (Å²) in [5, 5.41) is 5.00. The van der Waals surface area contributed by atoms with Gasteiger partial charge < -0.3 is 10.2 Å². The van der Waals surface area contributed by atoms with E-state index >= 15 is 0 Å². The zero-order valence-electron chi connectivity index (χ0n) is 10.3. The Balaban J connectivity index is 2.03. The number of rotatable bonds is 4. The fourth-order valence-electron chi connectivity index (χ4n) is 2.41. The molecule has 17 heavy (non-hydrogen) atoms. The number of nitrogens with one attached hydrogen (secondary N) is 1. The molecule has 0 atom stereocenters. The van der Waals surface area contributed by atoms with E-state index in [0.29, 0.717) is 12.6 Å². The van der Waals surface area contributed by atoms with Gasteiger partial charge in [0.25, 0.3) is 0 Å². The number of thiophene rings is 1. The van der Waals surface area contributed by atoms with Crippen LogP contribution >= 0.6 is 11.3 Å². The predicted molar refractivity (Wildman–Crippen MR) is 71.2 cm³/mol.